The minimum atomic E-state index is -2.11. The Morgan fingerprint density at radius 2 is 0.957 bits per heavy atom. The number of ether oxygens (including phenoxy) is 3. The van der Waals surface area contributed by atoms with E-state index in [1.165, 1.54) is 0 Å². The van der Waals surface area contributed by atoms with Crippen molar-refractivity contribution in [1.82, 2.24) is 0 Å². The third-order valence-electron chi connectivity index (χ3n) is 2.91. The van der Waals surface area contributed by atoms with Gasteiger partial charge in [0.25, 0.3) is 0 Å². The molecule has 0 aromatic heterocycles. The van der Waals surface area contributed by atoms with E-state index in [1.807, 2.05) is 20.8 Å². The second kappa shape index (κ2) is 9.50. The Morgan fingerprint density at radius 3 is 1.13 bits per heavy atom. The molecule has 0 aliphatic carbocycles. The first-order chi connectivity index (χ1) is 10.6. The predicted molar refractivity (Wildman–Crippen MR) is 83.8 cm³/mol. The summed E-state index contributed by atoms with van der Waals surface area (Å²) >= 11 is 0. The lowest BCUT2D eigenvalue weighted by Crippen LogP contribution is -2.64. The third-order valence-corrected chi connectivity index (χ3v) is 2.91. The van der Waals surface area contributed by atoms with Gasteiger partial charge in [-0.2, -0.15) is 0 Å². The van der Waals surface area contributed by atoms with Crippen molar-refractivity contribution in [2.75, 3.05) is 21.1 Å². The monoisotopic (exact) mass is 332 g/mol. The summed E-state index contributed by atoms with van der Waals surface area (Å²) < 4.78 is 15.8. The van der Waals surface area contributed by atoms with E-state index in [0.29, 0.717) is 19.3 Å². The average molecular weight is 332 g/mol. The summed E-state index contributed by atoms with van der Waals surface area (Å²) in [7, 11) is 4.87. The summed E-state index contributed by atoms with van der Waals surface area (Å²) in [5.41, 5.74) is 0. The van der Waals surface area contributed by atoms with Crippen molar-refractivity contribution in [3.63, 3.8) is 0 Å². The molecule has 0 heterocycles. The van der Waals surface area contributed by atoms with Crippen LogP contribution in [0.2, 0.25) is 0 Å². The lowest BCUT2D eigenvalue weighted by molar-refractivity contribution is -1.00. The molecule has 0 radical (unpaired) electrons. The van der Waals surface area contributed by atoms with E-state index in [-0.39, 0.29) is 23.7 Å². The van der Waals surface area contributed by atoms with Crippen LogP contribution in [0, 0.1) is 0 Å². The predicted octanol–water partition coefficient (Wildman–Crippen LogP) is 2.33. The zero-order valence-electron chi connectivity index (χ0n) is 15.1. The van der Waals surface area contributed by atoms with Crippen molar-refractivity contribution in [2.24, 2.45) is 0 Å². The van der Waals surface area contributed by atoms with E-state index in [4.69, 9.17) is 14.2 Å². The van der Waals surface area contributed by atoms with Crippen LogP contribution in [0.15, 0.2) is 0 Å². The number of nitrogens with zero attached hydrogens (tertiary/aromatic N) is 1. The maximum Gasteiger partial charge on any atom is 0.597 e. The van der Waals surface area contributed by atoms with Gasteiger partial charge in [-0.15, -0.1) is 0 Å². The van der Waals surface area contributed by atoms with Crippen LogP contribution >= 0.6 is 0 Å². The van der Waals surface area contributed by atoms with Gasteiger partial charge in [0.2, 0.25) is 0 Å². The van der Waals surface area contributed by atoms with Crippen LogP contribution in [-0.4, -0.2) is 49.6 Å². The molecule has 0 unspecified atom stereocenters. The molecule has 134 valence electrons. The largest absolute Gasteiger partial charge is 0.597 e. The molecule has 0 amide bonds. The second-order valence-electron chi connectivity index (χ2n) is 6.21. The number of hydrogen-bond acceptors (Lipinski definition) is 6. The maximum atomic E-state index is 12.0. The first-order valence-electron chi connectivity index (χ1n) is 8.08. The smallest absolute Gasteiger partial charge is 0.338 e. The fraction of sp³-hybridized carbons (Fsp3) is 0.812. The van der Waals surface area contributed by atoms with Gasteiger partial charge in [-0.05, 0) is 19.3 Å². The van der Waals surface area contributed by atoms with Crippen molar-refractivity contribution >= 4 is 17.9 Å². The van der Waals surface area contributed by atoms with Crippen molar-refractivity contribution in [3.05, 3.63) is 0 Å². The molecule has 0 aromatic rings. The standard InChI is InChI=1S/C16H30NO6/c1-7-10-13(18)21-16(17(4,5)6,22-14(19)11-8-2)23-15(20)12-9-3/h7-12H2,1-6H3/q+1. The summed E-state index contributed by atoms with van der Waals surface area (Å²) in [6.07, 6.45) is 0.00753. The molecule has 0 aliphatic rings. The van der Waals surface area contributed by atoms with Crippen LogP contribution in [0.5, 0.6) is 0 Å². The van der Waals surface area contributed by atoms with Crippen LogP contribution < -0.4 is 0 Å². The third kappa shape index (κ3) is 6.99. The first kappa shape index (κ1) is 21.4. The van der Waals surface area contributed by atoms with Crippen LogP contribution in [0.4, 0.5) is 0 Å². The molecular weight excluding hydrogens is 302 g/mol. The molecule has 0 aliphatic heterocycles. The van der Waals surface area contributed by atoms with Gasteiger partial charge in [-0.3, -0.25) is 14.4 Å². The van der Waals surface area contributed by atoms with Crippen molar-refractivity contribution in [1.29, 1.82) is 0 Å². The van der Waals surface area contributed by atoms with Gasteiger partial charge in [0.15, 0.2) is 0 Å². The Labute approximate surface area is 138 Å². The molecule has 0 fully saturated rings. The van der Waals surface area contributed by atoms with Crippen molar-refractivity contribution < 1.29 is 33.1 Å². The van der Waals surface area contributed by atoms with Crippen molar-refractivity contribution in [2.45, 2.75) is 65.4 Å². The molecule has 0 atom stereocenters. The highest BCUT2D eigenvalue weighted by atomic mass is 16.9. The number of hydrogen-bond donors (Lipinski definition) is 0. The zero-order chi connectivity index (χ0) is 18.1. The first-order valence-corrected chi connectivity index (χ1v) is 8.08. The minimum absolute atomic E-state index is 0.137. The number of carbonyl (C=O) groups excluding carboxylic acids is 3. The van der Waals surface area contributed by atoms with Gasteiger partial charge in [-0.25, -0.2) is 4.48 Å². The SMILES string of the molecule is CCCC(=O)OC(OC(=O)CCC)(OC(=O)CCC)[N+](C)(C)C. The number of carbonyl (C=O) groups is 3. The Kier molecular flexibility index (Phi) is 8.82. The second-order valence-corrected chi connectivity index (χ2v) is 6.21. The van der Waals surface area contributed by atoms with Crippen molar-refractivity contribution in [3.8, 4) is 0 Å². The van der Waals surface area contributed by atoms with Gasteiger partial charge in [0.1, 0.15) is 0 Å². The Balaban J connectivity index is 5.57. The van der Waals surface area contributed by atoms with Gasteiger partial charge >= 0.3 is 24.0 Å². The lowest BCUT2D eigenvalue weighted by Gasteiger charge is -2.39. The van der Waals surface area contributed by atoms with Gasteiger partial charge < -0.3 is 14.2 Å². The molecule has 7 nitrogen and oxygen atoms in total. The molecule has 0 rings (SSSR count). The summed E-state index contributed by atoms with van der Waals surface area (Å²) in [5, 5.41) is 0. The summed E-state index contributed by atoms with van der Waals surface area (Å²) in [5.74, 6) is -1.77. The summed E-state index contributed by atoms with van der Waals surface area (Å²) in [4.78, 5) is 35.9. The van der Waals surface area contributed by atoms with E-state index >= 15 is 0 Å². The topological polar surface area (TPSA) is 78.9 Å². The average Bonchev–Trinajstić information content (AvgIpc) is 2.37. The highest BCUT2D eigenvalue weighted by Crippen LogP contribution is 2.27. The van der Waals surface area contributed by atoms with Crippen LogP contribution in [-0.2, 0) is 28.6 Å². The molecule has 0 N–H and O–H groups in total. The van der Waals surface area contributed by atoms with Crippen LogP contribution in [0.1, 0.15) is 59.3 Å². The van der Waals surface area contributed by atoms with Gasteiger partial charge in [0, 0.05) is 19.3 Å². The van der Waals surface area contributed by atoms with Crippen LogP contribution in [0.25, 0.3) is 0 Å². The number of rotatable bonds is 10. The molecule has 0 spiro atoms. The van der Waals surface area contributed by atoms with E-state index in [2.05, 4.69) is 0 Å². The molecular formula is C16H30NO6+. The number of esters is 3. The molecule has 0 saturated carbocycles. The molecule has 0 saturated heterocycles. The molecule has 0 aromatic carbocycles. The van der Waals surface area contributed by atoms with Crippen LogP contribution in [0.3, 0.4) is 0 Å². The summed E-state index contributed by atoms with van der Waals surface area (Å²) in [6.45, 7) is 5.46. The van der Waals surface area contributed by atoms with E-state index in [0.717, 1.165) is 0 Å². The van der Waals surface area contributed by atoms with E-state index in [9.17, 15) is 14.4 Å². The zero-order valence-corrected chi connectivity index (χ0v) is 15.1. The fourth-order valence-electron chi connectivity index (χ4n) is 1.67. The normalized spacial score (nSPS) is 11.7. The quantitative estimate of drug-likeness (QED) is 0.347. The lowest BCUT2D eigenvalue weighted by atomic mass is 10.3. The maximum absolute atomic E-state index is 12.0. The minimum Gasteiger partial charge on any atom is -0.338 e. The Hall–Kier alpha value is -1.63. The molecule has 23 heavy (non-hydrogen) atoms. The van der Waals surface area contributed by atoms with E-state index < -0.39 is 24.0 Å². The highest BCUT2D eigenvalue weighted by Gasteiger charge is 2.57. The number of quaternary nitrogens is 1. The Morgan fingerprint density at radius 1 is 0.696 bits per heavy atom. The van der Waals surface area contributed by atoms with E-state index in [1.54, 1.807) is 21.1 Å². The highest BCUT2D eigenvalue weighted by molar-refractivity contribution is 5.73. The summed E-state index contributed by atoms with van der Waals surface area (Å²) in [6, 6.07) is 0. The Bertz CT molecular complexity index is 363. The van der Waals surface area contributed by atoms with Gasteiger partial charge in [0.05, 0.1) is 21.1 Å². The molecule has 7 heteroatoms. The molecule has 0 bridgehead atoms. The fourth-order valence-corrected chi connectivity index (χ4v) is 1.67. The van der Waals surface area contributed by atoms with Gasteiger partial charge in [-0.1, -0.05) is 20.8 Å².